The summed E-state index contributed by atoms with van der Waals surface area (Å²) >= 11 is 13.2. The van der Waals surface area contributed by atoms with E-state index >= 15 is 0 Å². The molecule has 0 bridgehead atoms. The molecule has 0 aliphatic heterocycles. The van der Waals surface area contributed by atoms with Crippen LogP contribution in [-0.2, 0) is 0 Å². The molecule has 106 valence electrons. The van der Waals surface area contributed by atoms with Gasteiger partial charge < -0.3 is 10.1 Å². The van der Waals surface area contributed by atoms with Gasteiger partial charge >= 0.3 is 0 Å². The van der Waals surface area contributed by atoms with Crippen LogP contribution < -0.4 is 10.1 Å². The summed E-state index contributed by atoms with van der Waals surface area (Å²) in [6.07, 6.45) is 0. The molecule has 2 aromatic rings. The summed E-state index contributed by atoms with van der Waals surface area (Å²) in [7, 11) is 3.59. The van der Waals surface area contributed by atoms with Gasteiger partial charge in [-0.1, -0.05) is 43.5 Å². The van der Waals surface area contributed by atoms with E-state index < -0.39 is 0 Å². The van der Waals surface area contributed by atoms with Crippen molar-refractivity contribution in [1.82, 2.24) is 5.32 Å². The van der Waals surface area contributed by atoms with Gasteiger partial charge in [0, 0.05) is 19.5 Å². The SMILES string of the molecule is CNC(c1cc(Cl)ccc1Br)c1cc(Br)ccc1OC. The van der Waals surface area contributed by atoms with Gasteiger partial charge in [-0.05, 0) is 49.0 Å². The first-order chi connectivity index (χ1) is 9.56. The molecule has 1 atom stereocenters. The molecule has 2 nitrogen and oxygen atoms in total. The highest BCUT2D eigenvalue weighted by atomic mass is 79.9. The van der Waals surface area contributed by atoms with Gasteiger partial charge in [0.2, 0.25) is 0 Å². The van der Waals surface area contributed by atoms with Crippen LogP contribution in [0.4, 0.5) is 0 Å². The molecule has 0 saturated carbocycles. The van der Waals surface area contributed by atoms with Crippen molar-refractivity contribution in [3.8, 4) is 5.75 Å². The smallest absolute Gasteiger partial charge is 0.124 e. The first-order valence-electron chi connectivity index (χ1n) is 6.02. The molecule has 0 radical (unpaired) electrons. The molecule has 2 rings (SSSR count). The van der Waals surface area contributed by atoms with Gasteiger partial charge in [0.25, 0.3) is 0 Å². The largest absolute Gasteiger partial charge is 0.496 e. The maximum Gasteiger partial charge on any atom is 0.124 e. The Morgan fingerprint density at radius 3 is 2.50 bits per heavy atom. The summed E-state index contributed by atoms with van der Waals surface area (Å²) in [6.45, 7) is 0. The number of rotatable bonds is 4. The lowest BCUT2D eigenvalue weighted by atomic mass is 9.98. The fourth-order valence-electron chi connectivity index (χ4n) is 2.15. The summed E-state index contributed by atoms with van der Waals surface area (Å²) in [5.41, 5.74) is 2.11. The Morgan fingerprint density at radius 1 is 1.10 bits per heavy atom. The second kappa shape index (κ2) is 6.94. The molecule has 0 aliphatic carbocycles. The Bertz CT molecular complexity index is 619. The normalized spacial score (nSPS) is 12.2. The quantitative estimate of drug-likeness (QED) is 0.737. The minimum absolute atomic E-state index is 0.0180. The Kier molecular flexibility index (Phi) is 5.49. The Hall–Kier alpha value is -0.550. The molecule has 1 N–H and O–H groups in total. The number of methoxy groups -OCH3 is 1. The van der Waals surface area contributed by atoms with E-state index in [2.05, 4.69) is 37.2 Å². The van der Waals surface area contributed by atoms with Crippen molar-refractivity contribution in [2.45, 2.75) is 6.04 Å². The number of ether oxygens (including phenoxy) is 1. The van der Waals surface area contributed by atoms with Crippen LogP contribution in [-0.4, -0.2) is 14.2 Å². The van der Waals surface area contributed by atoms with Crippen LogP contribution in [0.5, 0.6) is 5.75 Å². The topological polar surface area (TPSA) is 21.3 Å². The zero-order chi connectivity index (χ0) is 14.7. The van der Waals surface area contributed by atoms with Gasteiger partial charge in [0.1, 0.15) is 5.75 Å². The lowest BCUT2D eigenvalue weighted by molar-refractivity contribution is 0.405. The maximum atomic E-state index is 6.12. The lowest BCUT2D eigenvalue weighted by Crippen LogP contribution is -2.19. The van der Waals surface area contributed by atoms with Crippen molar-refractivity contribution >= 4 is 43.5 Å². The van der Waals surface area contributed by atoms with Crippen molar-refractivity contribution < 1.29 is 4.74 Å². The molecule has 0 spiro atoms. The van der Waals surface area contributed by atoms with Gasteiger partial charge in [0.05, 0.1) is 13.2 Å². The molecule has 0 amide bonds. The Morgan fingerprint density at radius 2 is 1.85 bits per heavy atom. The third kappa shape index (κ3) is 3.37. The first-order valence-corrected chi connectivity index (χ1v) is 7.99. The fourth-order valence-corrected chi connectivity index (χ4v) is 3.18. The summed E-state index contributed by atoms with van der Waals surface area (Å²) in [4.78, 5) is 0. The molecule has 5 heteroatoms. The maximum absolute atomic E-state index is 6.12. The van der Waals surface area contributed by atoms with Gasteiger partial charge in [-0.15, -0.1) is 0 Å². The summed E-state index contributed by atoms with van der Waals surface area (Å²) in [6, 6.07) is 11.7. The molecule has 1 unspecified atom stereocenters. The van der Waals surface area contributed by atoms with E-state index in [4.69, 9.17) is 16.3 Å². The lowest BCUT2D eigenvalue weighted by Gasteiger charge is -2.21. The molecular weight excluding hydrogens is 405 g/mol. The van der Waals surface area contributed by atoms with E-state index in [0.717, 1.165) is 25.8 Å². The van der Waals surface area contributed by atoms with Gasteiger partial charge in [-0.3, -0.25) is 0 Å². The molecule has 20 heavy (non-hydrogen) atoms. The van der Waals surface area contributed by atoms with Gasteiger partial charge in [-0.25, -0.2) is 0 Å². The number of halogens is 3. The van der Waals surface area contributed by atoms with Crippen LogP contribution in [0.25, 0.3) is 0 Å². The highest BCUT2D eigenvalue weighted by Gasteiger charge is 2.19. The first kappa shape index (κ1) is 15.8. The van der Waals surface area contributed by atoms with Crippen LogP contribution in [0.15, 0.2) is 45.3 Å². The van der Waals surface area contributed by atoms with Crippen LogP contribution in [0.3, 0.4) is 0 Å². The molecule has 0 fully saturated rings. The van der Waals surface area contributed by atoms with Gasteiger partial charge in [0.15, 0.2) is 0 Å². The number of benzene rings is 2. The molecular formula is C15H14Br2ClNO. The Labute approximate surface area is 140 Å². The minimum atomic E-state index is -0.0180. The second-order valence-corrected chi connectivity index (χ2v) is 6.48. The van der Waals surface area contributed by atoms with E-state index in [1.165, 1.54) is 0 Å². The van der Waals surface area contributed by atoms with E-state index in [1.54, 1.807) is 7.11 Å². The third-order valence-corrected chi connectivity index (χ3v) is 4.51. The van der Waals surface area contributed by atoms with Gasteiger partial charge in [-0.2, -0.15) is 0 Å². The molecule has 0 aliphatic rings. The average Bonchev–Trinajstić information content (AvgIpc) is 2.44. The number of nitrogens with one attached hydrogen (secondary N) is 1. The predicted molar refractivity (Wildman–Crippen MR) is 90.7 cm³/mol. The zero-order valence-corrected chi connectivity index (χ0v) is 15.0. The Balaban J connectivity index is 2.57. The minimum Gasteiger partial charge on any atom is -0.496 e. The van der Waals surface area contributed by atoms with Crippen LogP contribution in [0.1, 0.15) is 17.2 Å². The summed E-state index contributed by atoms with van der Waals surface area (Å²) in [5, 5.41) is 4.02. The molecule has 2 aromatic carbocycles. The highest BCUT2D eigenvalue weighted by Crippen LogP contribution is 2.36. The van der Waals surface area contributed by atoms with Crippen LogP contribution in [0.2, 0.25) is 5.02 Å². The number of hydrogen-bond acceptors (Lipinski definition) is 2. The average molecular weight is 420 g/mol. The van der Waals surface area contributed by atoms with Crippen molar-refractivity contribution in [1.29, 1.82) is 0 Å². The van der Waals surface area contributed by atoms with E-state index in [9.17, 15) is 0 Å². The van der Waals surface area contributed by atoms with Crippen molar-refractivity contribution in [2.24, 2.45) is 0 Å². The van der Waals surface area contributed by atoms with Crippen molar-refractivity contribution in [3.63, 3.8) is 0 Å². The van der Waals surface area contributed by atoms with Crippen molar-refractivity contribution in [2.75, 3.05) is 14.2 Å². The third-order valence-electron chi connectivity index (χ3n) is 3.06. The molecule has 0 heterocycles. The zero-order valence-electron chi connectivity index (χ0n) is 11.1. The number of hydrogen-bond donors (Lipinski definition) is 1. The summed E-state index contributed by atoms with van der Waals surface area (Å²) < 4.78 is 7.47. The second-order valence-electron chi connectivity index (χ2n) is 4.27. The standard InChI is InChI=1S/C15H14Br2ClNO/c1-19-15(11-8-10(18)4-5-13(11)17)12-7-9(16)3-6-14(12)20-2/h3-8,15,19H,1-2H3. The van der Waals surface area contributed by atoms with Crippen LogP contribution in [0, 0.1) is 0 Å². The molecule has 0 saturated heterocycles. The van der Waals surface area contributed by atoms with E-state index in [-0.39, 0.29) is 6.04 Å². The highest BCUT2D eigenvalue weighted by molar-refractivity contribution is 9.10. The summed E-state index contributed by atoms with van der Waals surface area (Å²) in [5.74, 6) is 0.833. The van der Waals surface area contributed by atoms with Crippen molar-refractivity contribution in [3.05, 3.63) is 61.5 Å². The monoisotopic (exact) mass is 417 g/mol. The predicted octanol–water partition coefficient (Wildman–Crippen LogP) is 5.18. The van der Waals surface area contributed by atoms with E-state index in [0.29, 0.717) is 5.02 Å². The van der Waals surface area contributed by atoms with Crippen LogP contribution >= 0.6 is 43.5 Å². The molecule has 0 aromatic heterocycles. The fraction of sp³-hybridized carbons (Fsp3) is 0.200. The van der Waals surface area contributed by atoms with E-state index in [1.807, 2.05) is 43.4 Å².